The minimum atomic E-state index is -1.42. The molecule has 3 amide bonds. The van der Waals surface area contributed by atoms with Crippen LogP contribution in [0.2, 0.25) is 0 Å². The molecule has 0 aliphatic heterocycles. The van der Waals surface area contributed by atoms with Gasteiger partial charge in [0.15, 0.2) is 0 Å². The molecule has 0 aliphatic carbocycles. The highest BCUT2D eigenvalue weighted by molar-refractivity contribution is 7.80. The first-order valence-corrected chi connectivity index (χ1v) is 11.2. The van der Waals surface area contributed by atoms with Crippen LogP contribution in [0, 0.1) is 0 Å². The molecule has 0 fully saturated rings. The van der Waals surface area contributed by atoms with Crippen molar-refractivity contribution < 1.29 is 29.4 Å². The van der Waals surface area contributed by atoms with Crippen LogP contribution in [0.5, 0.6) is 0 Å². The molecule has 0 saturated heterocycles. The zero-order valence-corrected chi connectivity index (χ0v) is 19.2. The van der Waals surface area contributed by atoms with Gasteiger partial charge < -0.3 is 37.6 Å². The molecule has 0 spiro atoms. The van der Waals surface area contributed by atoms with Crippen molar-refractivity contribution in [1.29, 1.82) is 0 Å². The van der Waals surface area contributed by atoms with Crippen molar-refractivity contribution in [1.82, 2.24) is 16.0 Å². The summed E-state index contributed by atoms with van der Waals surface area (Å²) in [5.74, 6) is -3.55. The fourth-order valence-electron chi connectivity index (χ4n) is 2.90. The minimum absolute atomic E-state index is 0.0192. The SMILES string of the molecule is NCCCCC(N)C(=O)NC(CS)C(=O)NC(CO)C(=O)NC(Cc1ccccc1)C(=O)O. The lowest BCUT2D eigenvalue weighted by Gasteiger charge is -2.23. The lowest BCUT2D eigenvalue weighted by molar-refractivity contribution is -0.142. The van der Waals surface area contributed by atoms with Crippen molar-refractivity contribution >= 4 is 36.3 Å². The first-order chi connectivity index (χ1) is 15.7. The van der Waals surface area contributed by atoms with E-state index < -0.39 is 54.5 Å². The third-order valence-corrected chi connectivity index (χ3v) is 5.20. The van der Waals surface area contributed by atoms with Crippen LogP contribution in [0.25, 0.3) is 0 Å². The number of thiol groups is 1. The summed E-state index contributed by atoms with van der Waals surface area (Å²) in [5, 5.41) is 26.1. The van der Waals surface area contributed by atoms with Gasteiger partial charge in [0.05, 0.1) is 12.6 Å². The lowest BCUT2D eigenvalue weighted by atomic mass is 10.1. The van der Waals surface area contributed by atoms with E-state index in [1.165, 1.54) is 0 Å². The molecule has 0 radical (unpaired) electrons. The average molecular weight is 484 g/mol. The van der Waals surface area contributed by atoms with Gasteiger partial charge in [0.25, 0.3) is 0 Å². The summed E-state index contributed by atoms with van der Waals surface area (Å²) in [5.41, 5.74) is 11.9. The summed E-state index contributed by atoms with van der Waals surface area (Å²) >= 11 is 4.05. The Balaban J connectivity index is 2.70. The van der Waals surface area contributed by atoms with E-state index in [0.29, 0.717) is 31.4 Å². The summed E-state index contributed by atoms with van der Waals surface area (Å²) in [6.07, 6.45) is 1.78. The van der Waals surface area contributed by atoms with Crippen LogP contribution in [-0.2, 0) is 25.6 Å². The second-order valence-electron chi connectivity index (χ2n) is 7.47. The van der Waals surface area contributed by atoms with Gasteiger partial charge in [-0.05, 0) is 24.9 Å². The van der Waals surface area contributed by atoms with E-state index in [4.69, 9.17) is 11.5 Å². The number of aliphatic hydroxyl groups excluding tert-OH is 1. The zero-order valence-electron chi connectivity index (χ0n) is 18.3. The Labute approximate surface area is 198 Å². The Hall–Kier alpha value is -2.67. The van der Waals surface area contributed by atoms with Gasteiger partial charge in [0.1, 0.15) is 18.1 Å². The monoisotopic (exact) mass is 483 g/mol. The van der Waals surface area contributed by atoms with Crippen LogP contribution < -0.4 is 27.4 Å². The van der Waals surface area contributed by atoms with Gasteiger partial charge in [0.2, 0.25) is 17.7 Å². The maximum atomic E-state index is 12.5. The Kier molecular flexibility index (Phi) is 13.1. The number of carbonyl (C=O) groups is 4. The van der Waals surface area contributed by atoms with E-state index >= 15 is 0 Å². The van der Waals surface area contributed by atoms with Crippen molar-refractivity contribution in [3.63, 3.8) is 0 Å². The number of hydrogen-bond acceptors (Lipinski definition) is 8. The number of amides is 3. The predicted molar refractivity (Wildman–Crippen MR) is 125 cm³/mol. The van der Waals surface area contributed by atoms with E-state index in [0.717, 1.165) is 0 Å². The number of rotatable bonds is 15. The topological polar surface area (TPSA) is 197 Å². The van der Waals surface area contributed by atoms with E-state index in [1.54, 1.807) is 30.3 Å². The Bertz CT molecular complexity index is 782. The highest BCUT2D eigenvalue weighted by Gasteiger charge is 2.29. The van der Waals surface area contributed by atoms with Crippen LogP contribution >= 0.6 is 12.6 Å². The quantitative estimate of drug-likeness (QED) is 0.105. The fraction of sp³-hybridized carbons (Fsp3) is 0.524. The molecule has 33 heavy (non-hydrogen) atoms. The van der Waals surface area contributed by atoms with Crippen LogP contribution in [0.1, 0.15) is 24.8 Å². The molecule has 4 atom stereocenters. The van der Waals surface area contributed by atoms with E-state index in [1.807, 2.05) is 0 Å². The van der Waals surface area contributed by atoms with Gasteiger partial charge in [-0.1, -0.05) is 36.8 Å². The van der Waals surface area contributed by atoms with E-state index in [9.17, 15) is 29.4 Å². The number of unbranched alkanes of at least 4 members (excludes halogenated alkanes) is 1. The van der Waals surface area contributed by atoms with Gasteiger partial charge in [-0.15, -0.1) is 0 Å². The molecule has 184 valence electrons. The second-order valence-corrected chi connectivity index (χ2v) is 7.83. The first-order valence-electron chi connectivity index (χ1n) is 10.6. The molecular formula is C21H33N5O6S. The zero-order chi connectivity index (χ0) is 24.8. The van der Waals surface area contributed by atoms with Crippen LogP contribution in [0.3, 0.4) is 0 Å². The molecule has 0 heterocycles. The van der Waals surface area contributed by atoms with Crippen molar-refractivity contribution in [2.24, 2.45) is 11.5 Å². The number of carboxylic acid groups (broad SMARTS) is 1. The Morgan fingerprint density at radius 1 is 0.909 bits per heavy atom. The van der Waals surface area contributed by atoms with Crippen molar-refractivity contribution in [3.05, 3.63) is 35.9 Å². The number of nitrogens with one attached hydrogen (secondary N) is 3. The summed E-state index contributed by atoms with van der Waals surface area (Å²) in [4.78, 5) is 48.8. The van der Waals surface area contributed by atoms with E-state index in [-0.39, 0.29) is 12.2 Å². The van der Waals surface area contributed by atoms with Gasteiger partial charge in [-0.3, -0.25) is 14.4 Å². The van der Waals surface area contributed by atoms with Crippen molar-refractivity contribution in [2.45, 2.75) is 49.9 Å². The predicted octanol–water partition coefficient (Wildman–Crippen LogP) is -1.85. The molecule has 11 nitrogen and oxygen atoms in total. The highest BCUT2D eigenvalue weighted by atomic mass is 32.1. The minimum Gasteiger partial charge on any atom is -0.480 e. The average Bonchev–Trinajstić information content (AvgIpc) is 2.80. The number of hydrogen-bond donors (Lipinski definition) is 8. The first kappa shape index (κ1) is 28.4. The third-order valence-electron chi connectivity index (χ3n) is 4.83. The van der Waals surface area contributed by atoms with E-state index in [2.05, 4.69) is 28.6 Å². The van der Waals surface area contributed by atoms with Crippen molar-refractivity contribution in [2.75, 3.05) is 18.9 Å². The standard InChI is InChI=1S/C21H33N5O6S/c22-9-5-4-8-14(23)18(28)26-17(12-33)20(30)25-16(11-27)19(29)24-15(21(31)32)10-13-6-2-1-3-7-13/h1-3,6-7,14-17,27,33H,4-5,8-12,22-23H2,(H,24,29)(H,25,30)(H,26,28)(H,31,32). The fourth-order valence-corrected chi connectivity index (χ4v) is 3.16. The smallest absolute Gasteiger partial charge is 0.326 e. The number of aliphatic hydroxyl groups is 1. The van der Waals surface area contributed by atoms with Gasteiger partial charge in [-0.2, -0.15) is 12.6 Å². The van der Waals surface area contributed by atoms with Gasteiger partial charge in [-0.25, -0.2) is 4.79 Å². The summed E-state index contributed by atoms with van der Waals surface area (Å²) in [6, 6.07) is 4.05. The molecule has 1 aromatic carbocycles. The Morgan fingerprint density at radius 3 is 2.03 bits per heavy atom. The highest BCUT2D eigenvalue weighted by Crippen LogP contribution is 2.04. The molecule has 0 saturated carbocycles. The maximum Gasteiger partial charge on any atom is 0.326 e. The second kappa shape index (κ2) is 15.2. The number of aliphatic carboxylic acids is 1. The van der Waals surface area contributed by atoms with Crippen LogP contribution in [-0.4, -0.2) is 77.0 Å². The molecule has 12 heteroatoms. The number of carbonyl (C=O) groups excluding carboxylic acids is 3. The summed E-state index contributed by atoms with van der Waals surface area (Å²) < 4.78 is 0. The normalized spacial score (nSPS) is 14.4. The molecule has 0 aliphatic rings. The van der Waals surface area contributed by atoms with Gasteiger partial charge in [0, 0.05) is 12.2 Å². The van der Waals surface area contributed by atoms with Crippen LogP contribution in [0.4, 0.5) is 0 Å². The summed E-state index contributed by atoms with van der Waals surface area (Å²) in [7, 11) is 0. The van der Waals surface area contributed by atoms with Crippen molar-refractivity contribution in [3.8, 4) is 0 Å². The maximum absolute atomic E-state index is 12.5. The number of benzene rings is 1. The molecule has 0 bridgehead atoms. The molecule has 9 N–H and O–H groups in total. The number of carboxylic acids is 1. The molecule has 1 aromatic rings. The number of nitrogens with two attached hydrogens (primary N) is 2. The molecule has 1 rings (SSSR count). The molecule has 4 unspecified atom stereocenters. The van der Waals surface area contributed by atoms with Gasteiger partial charge >= 0.3 is 5.97 Å². The molecular weight excluding hydrogens is 450 g/mol. The summed E-state index contributed by atoms with van der Waals surface area (Å²) in [6.45, 7) is -0.296. The lowest BCUT2D eigenvalue weighted by Crippen LogP contribution is -2.58. The molecule has 0 aromatic heterocycles. The van der Waals surface area contributed by atoms with Crippen LogP contribution in [0.15, 0.2) is 30.3 Å². The Morgan fingerprint density at radius 2 is 1.48 bits per heavy atom. The largest absolute Gasteiger partial charge is 0.480 e. The third kappa shape index (κ3) is 10.2.